The van der Waals surface area contributed by atoms with Gasteiger partial charge in [-0.1, -0.05) is 23.8 Å². The van der Waals surface area contributed by atoms with Gasteiger partial charge in [0.05, 0.1) is 5.69 Å². The van der Waals surface area contributed by atoms with Crippen LogP contribution in [0.15, 0.2) is 40.9 Å². The number of nitrogens with two attached hydrogens (primary N) is 1. The fraction of sp³-hybridized carbons (Fsp3) is 0.0769. The first-order valence-electron chi connectivity index (χ1n) is 4.93. The molecule has 0 heterocycles. The third kappa shape index (κ3) is 1.91. The van der Waals surface area contributed by atoms with Gasteiger partial charge < -0.3 is 10.8 Å². The second kappa shape index (κ2) is 4.18. The van der Waals surface area contributed by atoms with E-state index in [1.807, 2.05) is 37.3 Å². The van der Waals surface area contributed by atoms with E-state index in [2.05, 4.69) is 15.9 Å². The molecule has 0 aromatic heterocycles. The molecule has 0 unspecified atom stereocenters. The number of hydrogen-bond donors (Lipinski definition) is 2. The lowest BCUT2D eigenvalue weighted by atomic mass is 10.0. The van der Waals surface area contributed by atoms with Crippen LogP contribution in [-0.2, 0) is 0 Å². The Balaban J connectivity index is 2.67. The van der Waals surface area contributed by atoms with Crippen LogP contribution in [0.3, 0.4) is 0 Å². The zero-order valence-corrected chi connectivity index (χ0v) is 10.5. The highest BCUT2D eigenvalue weighted by atomic mass is 79.9. The summed E-state index contributed by atoms with van der Waals surface area (Å²) in [5.74, 6) is 0.246. The lowest BCUT2D eigenvalue weighted by molar-refractivity contribution is 0.477. The summed E-state index contributed by atoms with van der Waals surface area (Å²) in [4.78, 5) is 0. The van der Waals surface area contributed by atoms with Crippen molar-refractivity contribution in [3.05, 3.63) is 46.4 Å². The highest BCUT2D eigenvalue weighted by Gasteiger charge is 2.09. The summed E-state index contributed by atoms with van der Waals surface area (Å²) in [6.45, 7) is 1.98. The van der Waals surface area contributed by atoms with E-state index in [0.29, 0.717) is 5.69 Å². The Morgan fingerprint density at radius 3 is 2.62 bits per heavy atom. The van der Waals surface area contributed by atoms with Gasteiger partial charge in [-0.15, -0.1) is 0 Å². The smallest absolute Gasteiger partial charge is 0.123 e. The van der Waals surface area contributed by atoms with E-state index in [9.17, 15) is 5.11 Å². The predicted molar refractivity (Wildman–Crippen MR) is 70.4 cm³/mol. The molecule has 0 spiro atoms. The zero-order valence-electron chi connectivity index (χ0n) is 8.87. The molecule has 0 saturated carbocycles. The van der Waals surface area contributed by atoms with E-state index in [1.165, 1.54) is 0 Å². The van der Waals surface area contributed by atoms with Gasteiger partial charge in [-0.2, -0.15) is 0 Å². The average Bonchev–Trinajstić information content (AvgIpc) is 2.26. The molecule has 3 heteroatoms. The fourth-order valence-corrected chi connectivity index (χ4v) is 2.00. The number of anilines is 1. The normalized spacial score (nSPS) is 10.4. The molecule has 0 fully saturated rings. The number of rotatable bonds is 1. The Labute approximate surface area is 103 Å². The molecule has 0 saturated heterocycles. The van der Waals surface area contributed by atoms with E-state index >= 15 is 0 Å². The summed E-state index contributed by atoms with van der Waals surface area (Å²) >= 11 is 3.38. The van der Waals surface area contributed by atoms with Crippen molar-refractivity contribution in [3.8, 4) is 16.9 Å². The number of aryl methyl sites for hydroxylation is 1. The molecule has 16 heavy (non-hydrogen) atoms. The van der Waals surface area contributed by atoms with Crippen LogP contribution in [-0.4, -0.2) is 5.11 Å². The molecule has 0 aliphatic carbocycles. The van der Waals surface area contributed by atoms with Crippen LogP contribution in [0.5, 0.6) is 5.75 Å². The third-order valence-electron chi connectivity index (χ3n) is 2.50. The third-order valence-corrected chi connectivity index (χ3v) is 3.19. The van der Waals surface area contributed by atoms with Crippen molar-refractivity contribution < 1.29 is 5.11 Å². The van der Waals surface area contributed by atoms with Gasteiger partial charge in [0.15, 0.2) is 0 Å². The van der Waals surface area contributed by atoms with Crippen molar-refractivity contribution >= 4 is 21.6 Å². The maximum absolute atomic E-state index is 9.83. The molecule has 2 aromatic carbocycles. The lowest BCUT2D eigenvalue weighted by Gasteiger charge is -2.10. The van der Waals surface area contributed by atoms with Gasteiger partial charge in [-0.05, 0) is 41.1 Å². The van der Waals surface area contributed by atoms with Gasteiger partial charge in [-0.3, -0.25) is 0 Å². The second-order valence-electron chi connectivity index (χ2n) is 3.72. The van der Waals surface area contributed by atoms with Crippen molar-refractivity contribution in [1.29, 1.82) is 0 Å². The van der Waals surface area contributed by atoms with Crippen LogP contribution < -0.4 is 5.73 Å². The maximum atomic E-state index is 9.83. The van der Waals surface area contributed by atoms with Gasteiger partial charge in [0, 0.05) is 15.6 Å². The monoisotopic (exact) mass is 277 g/mol. The van der Waals surface area contributed by atoms with Gasteiger partial charge in [-0.25, -0.2) is 0 Å². The van der Waals surface area contributed by atoms with Crippen LogP contribution in [0.4, 0.5) is 5.69 Å². The first-order valence-corrected chi connectivity index (χ1v) is 5.73. The number of halogens is 1. The Morgan fingerprint density at radius 2 is 1.88 bits per heavy atom. The number of phenolic OH excluding ortho intramolecular Hbond substituents is 1. The molecule has 82 valence electrons. The SMILES string of the molecule is Cc1ccc(O)c(-c2cccc(Br)c2N)c1. The molecule has 0 bridgehead atoms. The zero-order chi connectivity index (χ0) is 11.7. The van der Waals surface area contributed by atoms with Crippen LogP contribution >= 0.6 is 15.9 Å². The van der Waals surface area contributed by atoms with Crippen molar-refractivity contribution in [2.24, 2.45) is 0 Å². The molecule has 3 N–H and O–H groups in total. The first-order chi connectivity index (χ1) is 7.59. The van der Waals surface area contributed by atoms with Crippen molar-refractivity contribution in [3.63, 3.8) is 0 Å². The highest BCUT2D eigenvalue weighted by Crippen LogP contribution is 2.36. The van der Waals surface area contributed by atoms with Gasteiger partial charge >= 0.3 is 0 Å². The molecule has 0 atom stereocenters. The highest BCUT2D eigenvalue weighted by molar-refractivity contribution is 9.10. The standard InChI is InChI=1S/C13H12BrNO/c1-8-5-6-12(16)10(7-8)9-3-2-4-11(14)13(9)15/h2-7,16H,15H2,1H3. The lowest BCUT2D eigenvalue weighted by Crippen LogP contribution is -1.92. The van der Waals surface area contributed by atoms with Gasteiger partial charge in [0.2, 0.25) is 0 Å². The van der Waals surface area contributed by atoms with Crippen LogP contribution in [0.25, 0.3) is 11.1 Å². The average molecular weight is 278 g/mol. The number of hydrogen-bond acceptors (Lipinski definition) is 2. The summed E-state index contributed by atoms with van der Waals surface area (Å²) < 4.78 is 0.839. The van der Waals surface area contributed by atoms with Crippen molar-refractivity contribution in [2.75, 3.05) is 5.73 Å². The quantitative estimate of drug-likeness (QED) is 0.781. The second-order valence-corrected chi connectivity index (χ2v) is 4.58. The molecule has 0 amide bonds. The predicted octanol–water partition coefficient (Wildman–Crippen LogP) is 3.71. The van der Waals surface area contributed by atoms with E-state index in [4.69, 9.17) is 5.73 Å². The topological polar surface area (TPSA) is 46.2 Å². The van der Waals surface area contributed by atoms with E-state index in [1.54, 1.807) is 6.07 Å². The Bertz CT molecular complexity index is 537. The molecule has 2 aromatic rings. The largest absolute Gasteiger partial charge is 0.507 e. The van der Waals surface area contributed by atoms with E-state index < -0.39 is 0 Å². The molecule has 2 rings (SSSR count). The number of para-hydroxylation sites is 1. The molecule has 0 aliphatic heterocycles. The molecule has 0 radical (unpaired) electrons. The van der Waals surface area contributed by atoms with Crippen LogP contribution in [0, 0.1) is 6.92 Å². The summed E-state index contributed by atoms with van der Waals surface area (Å²) in [5.41, 5.74) is 9.31. The molecule has 2 nitrogen and oxygen atoms in total. The van der Waals surface area contributed by atoms with Crippen molar-refractivity contribution in [1.82, 2.24) is 0 Å². The van der Waals surface area contributed by atoms with Crippen LogP contribution in [0.1, 0.15) is 5.56 Å². The summed E-state index contributed by atoms with van der Waals surface area (Å²) in [5, 5.41) is 9.83. The maximum Gasteiger partial charge on any atom is 0.123 e. The summed E-state index contributed by atoms with van der Waals surface area (Å²) in [6.07, 6.45) is 0. The summed E-state index contributed by atoms with van der Waals surface area (Å²) in [7, 11) is 0. The number of aromatic hydroxyl groups is 1. The number of benzene rings is 2. The van der Waals surface area contributed by atoms with Crippen LogP contribution in [0.2, 0.25) is 0 Å². The fourth-order valence-electron chi connectivity index (χ4n) is 1.64. The first kappa shape index (κ1) is 11.0. The van der Waals surface area contributed by atoms with E-state index in [-0.39, 0.29) is 5.75 Å². The number of nitrogen functional groups attached to an aromatic ring is 1. The molecule has 0 aliphatic rings. The van der Waals surface area contributed by atoms with Gasteiger partial charge in [0.25, 0.3) is 0 Å². The Morgan fingerprint density at radius 1 is 1.12 bits per heavy atom. The Kier molecular flexibility index (Phi) is 2.88. The number of phenols is 1. The van der Waals surface area contributed by atoms with Gasteiger partial charge in [0.1, 0.15) is 5.75 Å². The minimum absolute atomic E-state index is 0.246. The van der Waals surface area contributed by atoms with Crippen molar-refractivity contribution in [2.45, 2.75) is 6.92 Å². The molecular formula is C13H12BrNO. The minimum Gasteiger partial charge on any atom is -0.507 e. The Hall–Kier alpha value is -1.48. The minimum atomic E-state index is 0.246. The summed E-state index contributed by atoms with van der Waals surface area (Å²) in [6, 6.07) is 11.2. The molecular weight excluding hydrogens is 266 g/mol. The van der Waals surface area contributed by atoms with E-state index in [0.717, 1.165) is 21.2 Å².